The highest BCUT2D eigenvalue weighted by Crippen LogP contribution is 2.17. The van der Waals surface area contributed by atoms with Gasteiger partial charge in [0.2, 0.25) is 0 Å². The van der Waals surface area contributed by atoms with Crippen molar-refractivity contribution in [2.24, 2.45) is 0 Å². The number of allylic oxidation sites excluding steroid dienone is 8. The fourth-order valence-corrected chi connectivity index (χ4v) is 10.2. The average Bonchev–Trinajstić information content (AvgIpc) is 3.43. The van der Waals surface area contributed by atoms with Crippen molar-refractivity contribution in [3.8, 4) is 0 Å². The number of hydrogen-bond acceptors (Lipinski definition) is 6. The predicted octanol–water partition coefficient (Wildman–Crippen LogP) is 23.3. The van der Waals surface area contributed by atoms with E-state index in [2.05, 4.69) is 69.4 Å². The zero-order chi connectivity index (χ0) is 55.7. The molecule has 0 aromatic heterocycles. The summed E-state index contributed by atoms with van der Waals surface area (Å²) < 4.78 is 16.9. The van der Waals surface area contributed by atoms with Crippen LogP contribution < -0.4 is 0 Å². The van der Waals surface area contributed by atoms with E-state index in [1.54, 1.807) is 0 Å². The van der Waals surface area contributed by atoms with Crippen LogP contribution in [0.4, 0.5) is 0 Å². The maximum atomic E-state index is 12.9. The standard InChI is InChI=1S/C71H130O6/c1-4-7-10-13-16-19-22-24-26-28-30-32-33-34-35-36-37-39-40-42-44-46-49-52-55-58-61-64-70(73)76-67-68(66-75-69(72)63-60-57-54-51-48-21-18-15-12-9-6-3)77-71(74)65-62-59-56-53-50-47-45-43-41-38-31-29-27-25-23-20-17-14-11-8-5-2/h23,25,28-31,41,43,68H,4-22,24,26-27,32-40,42,44-67H2,1-3H3/b25-23-,30-28-,31-29-,43-41-. The zero-order valence-corrected chi connectivity index (χ0v) is 51.7. The van der Waals surface area contributed by atoms with Gasteiger partial charge in [-0.2, -0.15) is 0 Å². The number of carbonyl (C=O) groups is 3. The van der Waals surface area contributed by atoms with E-state index < -0.39 is 6.10 Å². The summed E-state index contributed by atoms with van der Waals surface area (Å²) in [4.78, 5) is 38.3. The Labute approximate surface area is 479 Å². The molecule has 0 spiro atoms. The molecule has 77 heavy (non-hydrogen) atoms. The molecule has 0 aromatic rings. The molecule has 0 heterocycles. The first kappa shape index (κ1) is 74.4. The lowest BCUT2D eigenvalue weighted by Crippen LogP contribution is -2.30. The molecule has 0 aliphatic carbocycles. The van der Waals surface area contributed by atoms with Gasteiger partial charge in [0.1, 0.15) is 13.2 Å². The van der Waals surface area contributed by atoms with Gasteiger partial charge in [-0.05, 0) is 83.5 Å². The van der Waals surface area contributed by atoms with E-state index in [4.69, 9.17) is 14.2 Å². The largest absolute Gasteiger partial charge is 0.462 e. The molecule has 0 N–H and O–H groups in total. The number of hydrogen-bond donors (Lipinski definition) is 0. The van der Waals surface area contributed by atoms with Crippen molar-refractivity contribution in [2.75, 3.05) is 13.2 Å². The molecule has 0 aliphatic heterocycles. The van der Waals surface area contributed by atoms with Crippen molar-refractivity contribution < 1.29 is 28.6 Å². The maximum absolute atomic E-state index is 12.9. The lowest BCUT2D eigenvalue weighted by Gasteiger charge is -2.18. The van der Waals surface area contributed by atoms with Crippen molar-refractivity contribution >= 4 is 17.9 Å². The van der Waals surface area contributed by atoms with Crippen LogP contribution in [0.25, 0.3) is 0 Å². The molecule has 6 nitrogen and oxygen atoms in total. The summed E-state index contributed by atoms with van der Waals surface area (Å²) in [6.45, 7) is 6.67. The molecule has 450 valence electrons. The van der Waals surface area contributed by atoms with Crippen molar-refractivity contribution in [1.82, 2.24) is 0 Å². The van der Waals surface area contributed by atoms with E-state index in [0.29, 0.717) is 19.3 Å². The third kappa shape index (κ3) is 64.1. The van der Waals surface area contributed by atoms with E-state index in [-0.39, 0.29) is 31.1 Å². The second-order valence-corrected chi connectivity index (χ2v) is 23.1. The number of esters is 3. The topological polar surface area (TPSA) is 78.9 Å². The Hall–Kier alpha value is -2.63. The Kier molecular flexibility index (Phi) is 63.6. The summed E-state index contributed by atoms with van der Waals surface area (Å²) in [7, 11) is 0. The molecule has 0 fully saturated rings. The van der Waals surface area contributed by atoms with Gasteiger partial charge < -0.3 is 14.2 Å². The highest BCUT2D eigenvalue weighted by molar-refractivity contribution is 5.71. The van der Waals surface area contributed by atoms with Crippen LogP contribution in [0.5, 0.6) is 0 Å². The van der Waals surface area contributed by atoms with Gasteiger partial charge >= 0.3 is 17.9 Å². The SMILES string of the molecule is CCCCCCC/C=C\C/C=C\C/C=C\CCCCCCCCC(=O)OC(COC(=O)CCCCCCCCCCCCC)COC(=O)CCCCCCCCCCCCCCCCC/C=C\CCCCCCCCCC. The lowest BCUT2D eigenvalue weighted by atomic mass is 10.0. The quantitative estimate of drug-likeness (QED) is 0.0261. The van der Waals surface area contributed by atoms with E-state index in [1.165, 1.54) is 250 Å². The highest BCUT2D eigenvalue weighted by atomic mass is 16.6. The lowest BCUT2D eigenvalue weighted by molar-refractivity contribution is -0.167. The third-order valence-corrected chi connectivity index (χ3v) is 15.3. The molecule has 0 radical (unpaired) electrons. The molecular formula is C71H130O6. The number of ether oxygens (including phenoxy) is 3. The van der Waals surface area contributed by atoms with E-state index in [9.17, 15) is 14.4 Å². The minimum atomic E-state index is -0.778. The van der Waals surface area contributed by atoms with Crippen LogP contribution in [0.15, 0.2) is 48.6 Å². The predicted molar refractivity (Wildman–Crippen MR) is 335 cm³/mol. The molecule has 0 saturated carbocycles. The number of carbonyl (C=O) groups excluding carboxylic acids is 3. The summed E-state index contributed by atoms with van der Waals surface area (Å²) in [5.41, 5.74) is 0. The second-order valence-electron chi connectivity index (χ2n) is 23.1. The van der Waals surface area contributed by atoms with Gasteiger partial charge in [0.05, 0.1) is 0 Å². The first-order valence-electron chi connectivity index (χ1n) is 34.1. The molecule has 0 bridgehead atoms. The Morgan fingerprint density at radius 3 is 0.740 bits per heavy atom. The first-order chi connectivity index (χ1) is 38.0. The van der Waals surface area contributed by atoms with Crippen LogP contribution in [0.3, 0.4) is 0 Å². The molecule has 1 atom stereocenters. The Morgan fingerprint density at radius 1 is 0.260 bits per heavy atom. The minimum absolute atomic E-state index is 0.0744. The molecule has 0 rings (SSSR count). The van der Waals surface area contributed by atoms with E-state index >= 15 is 0 Å². The fraction of sp³-hybridized carbons (Fsp3) is 0.845. The van der Waals surface area contributed by atoms with Crippen LogP contribution in [-0.4, -0.2) is 37.2 Å². The summed E-state index contributed by atoms with van der Waals surface area (Å²) >= 11 is 0. The maximum Gasteiger partial charge on any atom is 0.306 e. The minimum Gasteiger partial charge on any atom is -0.462 e. The molecule has 0 amide bonds. The normalized spacial score (nSPS) is 12.3. The smallest absolute Gasteiger partial charge is 0.306 e. The number of unbranched alkanes of at least 4 members (excludes halogenated alkanes) is 44. The summed E-state index contributed by atoms with van der Waals surface area (Å²) in [6.07, 6.45) is 82.8. The van der Waals surface area contributed by atoms with Gasteiger partial charge in [0.15, 0.2) is 6.10 Å². The van der Waals surface area contributed by atoms with Crippen LogP contribution >= 0.6 is 0 Å². The fourth-order valence-electron chi connectivity index (χ4n) is 10.2. The number of rotatable bonds is 63. The average molecular weight is 1080 g/mol. The zero-order valence-electron chi connectivity index (χ0n) is 51.7. The summed E-state index contributed by atoms with van der Waals surface area (Å²) in [5, 5.41) is 0. The molecular weight excluding hydrogens is 949 g/mol. The van der Waals surface area contributed by atoms with Crippen molar-refractivity contribution in [3.63, 3.8) is 0 Å². The summed E-state index contributed by atoms with van der Waals surface area (Å²) in [6, 6.07) is 0. The van der Waals surface area contributed by atoms with Crippen molar-refractivity contribution in [2.45, 2.75) is 374 Å². The van der Waals surface area contributed by atoms with E-state index in [1.807, 2.05) is 0 Å². The molecule has 6 heteroatoms. The van der Waals surface area contributed by atoms with Gasteiger partial charge in [-0.25, -0.2) is 0 Å². The molecule has 0 saturated heterocycles. The third-order valence-electron chi connectivity index (χ3n) is 15.3. The molecule has 1 unspecified atom stereocenters. The van der Waals surface area contributed by atoms with Crippen LogP contribution in [0.2, 0.25) is 0 Å². The van der Waals surface area contributed by atoms with Gasteiger partial charge in [-0.15, -0.1) is 0 Å². The Morgan fingerprint density at radius 2 is 0.468 bits per heavy atom. The van der Waals surface area contributed by atoms with Gasteiger partial charge in [-0.1, -0.05) is 313 Å². The Balaban J connectivity index is 4.21. The van der Waals surface area contributed by atoms with Crippen molar-refractivity contribution in [1.29, 1.82) is 0 Å². The van der Waals surface area contributed by atoms with Gasteiger partial charge in [-0.3, -0.25) is 14.4 Å². The Bertz CT molecular complexity index is 1330. The molecule has 0 aliphatic rings. The first-order valence-corrected chi connectivity index (χ1v) is 34.1. The van der Waals surface area contributed by atoms with Gasteiger partial charge in [0.25, 0.3) is 0 Å². The van der Waals surface area contributed by atoms with Crippen LogP contribution in [-0.2, 0) is 28.6 Å². The van der Waals surface area contributed by atoms with Gasteiger partial charge in [0, 0.05) is 19.3 Å². The second kappa shape index (κ2) is 65.9. The van der Waals surface area contributed by atoms with Crippen molar-refractivity contribution in [3.05, 3.63) is 48.6 Å². The van der Waals surface area contributed by atoms with Crippen LogP contribution in [0.1, 0.15) is 367 Å². The monoisotopic (exact) mass is 1080 g/mol. The van der Waals surface area contributed by atoms with E-state index in [0.717, 1.165) is 77.0 Å². The molecule has 0 aromatic carbocycles. The van der Waals surface area contributed by atoms with Crippen LogP contribution in [0, 0.1) is 0 Å². The summed E-state index contributed by atoms with van der Waals surface area (Å²) in [5.74, 6) is -0.865. The highest BCUT2D eigenvalue weighted by Gasteiger charge is 2.19.